The smallest absolute Gasteiger partial charge is 0.306 e. The Kier molecular flexibility index (Phi) is 8.62. The van der Waals surface area contributed by atoms with Crippen LogP contribution in [0.15, 0.2) is 60.7 Å². The molecule has 0 fully saturated rings. The fourth-order valence-electron chi connectivity index (χ4n) is 3.40. The number of esters is 1. The Morgan fingerprint density at radius 2 is 1.43 bits per heavy atom. The molecule has 0 aliphatic rings. The molecular weight excluding hydrogens is 444 g/mol. The summed E-state index contributed by atoms with van der Waals surface area (Å²) < 4.78 is 11.0. The third kappa shape index (κ3) is 7.71. The van der Waals surface area contributed by atoms with Crippen molar-refractivity contribution in [2.24, 2.45) is 0 Å². The molecule has 0 spiro atoms. The van der Waals surface area contributed by atoms with Crippen LogP contribution in [0.25, 0.3) is 0 Å². The summed E-state index contributed by atoms with van der Waals surface area (Å²) in [6.45, 7) is 7.37. The summed E-state index contributed by atoms with van der Waals surface area (Å²) in [5.74, 6) is 0.0899. The van der Waals surface area contributed by atoms with E-state index in [-0.39, 0.29) is 18.7 Å². The van der Waals surface area contributed by atoms with Crippen molar-refractivity contribution in [1.29, 1.82) is 0 Å². The van der Waals surface area contributed by atoms with Gasteiger partial charge in [0.15, 0.2) is 6.61 Å². The number of hydrogen-bond donors (Lipinski definition) is 2. The van der Waals surface area contributed by atoms with Crippen molar-refractivity contribution < 1.29 is 23.9 Å². The molecule has 2 N–H and O–H groups in total. The maximum atomic E-state index is 12.2. The first-order chi connectivity index (χ1) is 16.7. The van der Waals surface area contributed by atoms with Crippen molar-refractivity contribution in [1.82, 2.24) is 0 Å². The molecule has 7 nitrogen and oxygen atoms in total. The summed E-state index contributed by atoms with van der Waals surface area (Å²) in [5.41, 5.74) is 5.27. The van der Waals surface area contributed by atoms with E-state index in [1.54, 1.807) is 24.3 Å². The number of rotatable bonds is 9. The lowest BCUT2D eigenvalue weighted by Crippen LogP contribution is -2.22. The van der Waals surface area contributed by atoms with Gasteiger partial charge in [0.1, 0.15) is 11.5 Å². The summed E-state index contributed by atoms with van der Waals surface area (Å²) in [5, 5.41) is 5.46. The third-order valence-corrected chi connectivity index (χ3v) is 5.35. The van der Waals surface area contributed by atoms with Crippen LogP contribution in [-0.4, -0.2) is 24.4 Å². The van der Waals surface area contributed by atoms with E-state index in [1.165, 1.54) is 0 Å². The van der Waals surface area contributed by atoms with Crippen molar-refractivity contribution in [2.45, 2.75) is 40.5 Å². The fraction of sp³-hybridized carbons (Fsp3) is 0.250. The number of ether oxygens (including phenoxy) is 2. The Balaban J connectivity index is 1.40. The average molecular weight is 475 g/mol. The zero-order valence-corrected chi connectivity index (χ0v) is 20.4. The van der Waals surface area contributed by atoms with E-state index in [2.05, 4.69) is 10.6 Å². The van der Waals surface area contributed by atoms with Gasteiger partial charge in [0.2, 0.25) is 5.91 Å². The van der Waals surface area contributed by atoms with E-state index in [9.17, 15) is 14.4 Å². The summed E-state index contributed by atoms with van der Waals surface area (Å²) in [6.07, 6.45) is -0.186. The second kappa shape index (κ2) is 11.8. The highest BCUT2D eigenvalue weighted by Gasteiger charge is 2.12. The molecule has 0 bridgehead atoms. The van der Waals surface area contributed by atoms with Crippen LogP contribution in [-0.2, 0) is 19.1 Å². The van der Waals surface area contributed by atoms with Crippen LogP contribution in [0.5, 0.6) is 11.5 Å². The van der Waals surface area contributed by atoms with Crippen LogP contribution in [0.1, 0.15) is 35.1 Å². The third-order valence-electron chi connectivity index (χ3n) is 5.35. The van der Waals surface area contributed by atoms with Crippen LogP contribution < -0.4 is 15.4 Å². The molecule has 0 aliphatic heterocycles. The van der Waals surface area contributed by atoms with Gasteiger partial charge in [0, 0.05) is 17.8 Å². The first kappa shape index (κ1) is 25.5. The second-order valence-corrected chi connectivity index (χ2v) is 8.42. The highest BCUT2D eigenvalue weighted by atomic mass is 16.5. The van der Waals surface area contributed by atoms with Crippen LogP contribution in [0.2, 0.25) is 0 Å². The SMILES string of the molecule is Cc1ccc(C)c(NC(=O)COC(=O)CCC(=O)Nc2ccc(Oc3c(C)cccc3C)cc2)c1. The van der Waals surface area contributed by atoms with Crippen molar-refractivity contribution in [3.05, 3.63) is 82.9 Å². The fourth-order valence-corrected chi connectivity index (χ4v) is 3.40. The number of carbonyl (C=O) groups excluding carboxylic acids is 3. The van der Waals surface area contributed by atoms with Gasteiger partial charge in [-0.3, -0.25) is 14.4 Å². The molecule has 2 amide bonds. The van der Waals surface area contributed by atoms with E-state index in [1.807, 2.05) is 64.1 Å². The Morgan fingerprint density at radius 1 is 0.743 bits per heavy atom. The standard InChI is InChI=1S/C28H30N2O5/c1-18-8-9-19(2)24(16-18)30-26(32)17-34-27(33)15-14-25(31)29-22-10-12-23(13-11-22)35-28-20(3)6-5-7-21(28)4/h5-13,16H,14-15,17H2,1-4H3,(H,29,31)(H,30,32). The first-order valence-corrected chi connectivity index (χ1v) is 11.4. The van der Waals surface area contributed by atoms with E-state index >= 15 is 0 Å². The van der Waals surface area contributed by atoms with Crippen LogP contribution >= 0.6 is 0 Å². The molecule has 0 saturated carbocycles. The summed E-state index contributed by atoms with van der Waals surface area (Å²) in [7, 11) is 0. The van der Waals surface area contributed by atoms with E-state index in [0.717, 1.165) is 28.0 Å². The molecule has 3 aromatic carbocycles. The van der Waals surface area contributed by atoms with Gasteiger partial charge < -0.3 is 20.1 Å². The van der Waals surface area contributed by atoms with E-state index in [0.29, 0.717) is 17.1 Å². The molecule has 0 aromatic heterocycles. The summed E-state index contributed by atoms with van der Waals surface area (Å²) in [4.78, 5) is 36.2. The van der Waals surface area contributed by atoms with Crippen LogP contribution in [0.4, 0.5) is 11.4 Å². The maximum Gasteiger partial charge on any atom is 0.306 e. The predicted molar refractivity (Wildman–Crippen MR) is 136 cm³/mol. The van der Waals surface area contributed by atoms with Gasteiger partial charge >= 0.3 is 5.97 Å². The van der Waals surface area contributed by atoms with Gasteiger partial charge in [-0.2, -0.15) is 0 Å². The Labute approximate surface area is 205 Å². The van der Waals surface area contributed by atoms with Gasteiger partial charge in [-0.15, -0.1) is 0 Å². The van der Waals surface area contributed by atoms with Crippen LogP contribution in [0, 0.1) is 27.7 Å². The molecule has 0 saturated heterocycles. The van der Waals surface area contributed by atoms with Crippen molar-refractivity contribution >= 4 is 29.2 Å². The molecular formula is C28H30N2O5. The maximum absolute atomic E-state index is 12.2. The lowest BCUT2D eigenvalue weighted by Gasteiger charge is -2.12. The Bertz CT molecular complexity index is 1200. The molecule has 182 valence electrons. The number of amides is 2. The van der Waals surface area contributed by atoms with Crippen molar-refractivity contribution in [3.8, 4) is 11.5 Å². The molecule has 7 heteroatoms. The first-order valence-electron chi connectivity index (χ1n) is 11.4. The van der Waals surface area contributed by atoms with Gasteiger partial charge in [-0.05, 0) is 80.3 Å². The number of hydrogen-bond acceptors (Lipinski definition) is 5. The molecule has 0 atom stereocenters. The van der Waals surface area contributed by atoms with Crippen molar-refractivity contribution in [3.63, 3.8) is 0 Å². The zero-order chi connectivity index (χ0) is 25.4. The molecule has 3 rings (SSSR count). The Hall–Kier alpha value is -4.13. The molecule has 35 heavy (non-hydrogen) atoms. The molecule has 0 heterocycles. The molecule has 0 aliphatic carbocycles. The van der Waals surface area contributed by atoms with Crippen LogP contribution in [0.3, 0.4) is 0 Å². The highest BCUT2D eigenvalue weighted by molar-refractivity contribution is 5.95. The zero-order valence-electron chi connectivity index (χ0n) is 20.4. The minimum atomic E-state index is -0.617. The van der Waals surface area contributed by atoms with Gasteiger partial charge in [0.05, 0.1) is 6.42 Å². The minimum Gasteiger partial charge on any atom is -0.457 e. The quantitative estimate of drug-likeness (QED) is 0.393. The minimum absolute atomic E-state index is 0.0574. The number of aryl methyl sites for hydroxylation is 4. The lowest BCUT2D eigenvalue weighted by molar-refractivity contribution is -0.147. The number of nitrogens with one attached hydrogen (secondary N) is 2. The van der Waals surface area contributed by atoms with Gasteiger partial charge in [-0.25, -0.2) is 0 Å². The predicted octanol–water partition coefficient (Wildman–Crippen LogP) is 5.61. The monoisotopic (exact) mass is 474 g/mol. The second-order valence-electron chi connectivity index (χ2n) is 8.42. The van der Waals surface area contributed by atoms with Gasteiger partial charge in [0.25, 0.3) is 5.91 Å². The lowest BCUT2D eigenvalue weighted by atomic mass is 10.1. The largest absolute Gasteiger partial charge is 0.457 e. The molecule has 3 aromatic rings. The topological polar surface area (TPSA) is 93.7 Å². The number of carbonyl (C=O) groups is 3. The van der Waals surface area contributed by atoms with Crippen molar-refractivity contribution in [2.75, 3.05) is 17.2 Å². The van der Waals surface area contributed by atoms with Gasteiger partial charge in [-0.1, -0.05) is 30.3 Å². The average Bonchev–Trinajstić information content (AvgIpc) is 2.82. The number of anilines is 2. The van der Waals surface area contributed by atoms with E-state index < -0.39 is 18.5 Å². The number of benzene rings is 3. The number of para-hydroxylation sites is 1. The molecule has 0 radical (unpaired) electrons. The normalized spacial score (nSPS) is 10.4. The summed E-state index contributed by atoms with van der Waals surface area (Å²) in [6, 6.07) is 18.7. The highest BCUT2D eigenvalue weighted by Crippen LogP contribution is 2.29. The van der Waals surface area contributed by atoms with E-state index in [4.69, 9.17) is 9.47 Å². The Morgan fingerprint density at radius 3 is 2.11 bits per heavy atom. The molecule has 0 unspecified atom stereocenters. The summed E-state index contributed by atoms with van der Waals surface area (Å²) >= 11 is 0.